The Kier molecular flexibility index (Phi) is 6.14. The van der Waals surface area contributed by atoms with E-state index >= 15 is 0 Å². The van der Waals surface area contributed by atoms with Gasteiger partial charge in [0.15, 0.2) is 0 Å². The summed E-state index contributed by atoms with van der Waals surface area (Å²) in [6.45, 7) is 3.96. The number of rotatable bonds is 7. The van der Waals surface area contributed by atoms with Crippen LogP contribution in [0.5, 0.6) is 0 Å². The van der Waals surface area contributed by atoms with Crippen molar-refractivity contribution < 1.29 is 13.5 Å². The van der Waals surface area contributed by atoms with E-state index in [0.717, 1.165) is 0 Å². The largest absolute Gasteiger partial charge is 0.392 e. The normalized spacial score (nSPS) is 13.2. The van der Waals surface area contributed by atoms with Gasteiger partial charge < -0.3 is 5.11 Å². The van der Waals surface area contributed by atoms with Crippen LogP contribution in [0.1, 0.15) is 31.4 Å². The maximum absolute atomic E-state index is 11.9. The molecule has 1 aromatic rings. The molecule has 0 heterocycles. The number of aliphatic hydroxyl groups is 1. The lowest BCUT2D eigenvalue weighted by Crippen LogP contribution is -2.33. The molecule has 0 saturated heterocycles. The number of nitrogens with one attached hydrogen (secondary N) is 1. The van der Waals surface area contributed by atoms with Crippen molar-refractivity contribution in [1.29, 1.82) is 5.26 Å². The van der Waals surface area contributed by atoms with Crippen molar-refractivity contribution in [3.05, 3.63) is 35.4 Å². The standard InChI is InChI=1S/C14H20N2O3S/c1-11(2)7-14(17)9-16-20(18,19)10-13-5-3-12(8-15)4-6-13/h3-6,11,14,16-17H,7,9-10H2,1-2H3. The van der Waals surface area contributed by atoms with Crippen molar-refractivity contribution in [3.63, 3.8) is 0 Å². The Labute approximate surface area is 120 Å². The molecule has 0 radical (unpaired) electrons. The monoisotopic (exact) mass is 296 g/mol. The number of nitrogens with zero attached hydrogens (tertiary/aromatic N) is 1. The van der Waals surface area contributed by atoms with Gasteiger partial charge in [-0.15, -0.1) is 0 Å². The van der Waals surface area contributed by atoms with Crippen LogP contribution in [0.2, 0.25) is 0 Å². The lowest BCUT2D eigenvalue weighted by Gasteiger charge is -2.14. The number of hydrogen-bond donors (Lipinski definition) is 2. The molecule has 0 fully saturated rings. The minimum atomic E-state index is -3.48. The average Bonchev–Trinajstić information content (AvgIpc) is 2.36. The summed E-state index contributed by atoms with van der Waals surface area (Å²) >= 11 is 0. The fourth-order valence-electron chi connectivity index (χ4n) is 1.80. The highest BCUT2D eigenvalue weighted by molar-refractivity contribution is 7.88. The maximum Gasteiger partial charge on any atom is 0.215 e. The lowest BCUT2D eigenvalue weighted by molar-refractivity contribution is 0.152. The summed E-state index contributed by atoms with van der Waals surface area (Å²) in [6.07, 6.45) is -0.120. The van der Waals surface area contributed by atoms with E-state index in [9.17, 15) is 13.5 Å². The molecule has 20 heavy (non-hydrogen) atoms. The van der Waals surface area contributed by atoms with Gasteiger partial charge in [0, 0.05) is 6.54 Å². The molecule has 5 nitrogen and oxygen atoms in total. The van der Waals surface area contributed by atoms with E-state index in [1.54, 1.807) is 24.3 Å². The van der Waals surface area contributed by atoms with Gasteiger partial charge in [-0.2, -0.15) is 5.26 Å². The van der Waals surface area contributed by atoms with Crippen LogP contribution in [-0.2, 0) is 15.8 Å². The molecule has 110 valence electrons. The summed E-state index contributed by atoms with van der Waals surface area (Å²) in [4.78, 5) is 0. The number of hydrogen-bond acceptors (Lipinski definition) is 4. The van der Waals surface area contributed by atoms with Crippen LogP contribution in [-0.4, -0.2) is 26.2 Å². The van der Waals surface area contributed by atoms with Gasteiger partial charge in [-0.1, -0.05) is 26.0 Å². The van der Waals surface area contributed by atoms with Crippen molar-refractivity contribution in [2.45, 2.75) is 32.1 Å². The second-order valence-electron chi connectivity index (χ2n) is 5.20. The Morgan fingerprint density at radius 1 is 1.30 bits per heavy atom. The van der Waals surface area contributed by atoms with E-state index < -0.39 is 16.1 Å². The molecule has 1 rings (SSSR count). The van der Waals surface area contributed by atoms with Crippen LogP contribution in [0.15, 0.2) is 24.3 Å². The summed E-state index contributed by atoms with van der Waals surface area (Å²) in [5, 5.41) is 18.3. The predicted octanol–water partition coefficient (Wildman–Crippen LogP) is 1.38. The SMILES string of the molecule is CC(C)CC(O)CNS(=O)(=O)Cc1ccc(C#N)cc1. The molecular weight excluding hydrogens is 276 g/mol. The fourth-order valence-corrected chi connectivity index (χ4v) is 2.98. The predicted molar refractivity (Wildman–Crippen MR) is 77.2 cm³/mol. The van der Waals surface area contributed by atoms with E-state index in [0.29, 0.717) is 23.5 Å². The molecule has 0 aliphatic carbocycles. The topological polar surface area (TPSA) is 90.2 Å². The zero-order valence-electron chi connectivity index (χ0n) is 11.7. The van der Waals surface area contributed by atoms with Crippen molar-refractivity contribution in [1.82, 2.24) is 4.72 Å². The first kappa shape index (κ1) is 16.6. The molecule has 0 amide bonds. The van der Waals surface area contributed by atoms with E-state index in [1.165, 1.54) is 0 Å². The van der Waals surface area contributed by atoms with Crippen LogP contribution in [0, 0.1) is 17.2 Å². The molecule has 1 unspecified atom stereocenters. The Morgan fingerprint density at radius 3 is 2.40 bits per heavy atom. The number of nitriles is 1. The molecule has 6 heteroatoms. The average molecular weight is 296 g/mol. The Hall–Kier alpha value is -1.42. The van der Waals surface area contributed by atoms with Gasteiger partial charge >= 0.3 is 0 Å². The van der Waals surface area contributed by atoms with Crippen molar-refractivity contribution in [2.75, 3.05) is 6.54 Å². The van der Waals surface area contributed by atoms with Crippen molar-refractivity contribution >= 4 is 10.0 Å². The molecule has 1 atom stereocenters. The zero-order chi connectivity index (χ0) is 15.2. The summed E-state index contributed by atoms with van der Waals surface area (Å²) in [6, 6.07) is 8.37. The first-order valence-corrected chi connectivity index (χ1v) is 8.12. The Balaban J connectivity index is 2.54. The van der Waals surface area contributed by atoms with Crippen LogP contribution in [0.3, 0.4) is 0 Å². The molecule has 0 aliphatic heterocycles. The summed E-state index contributed by atoms with van der Waals surface area (Å²) in [5.74, 6) is 0.153. The van der Waals surface area contributed by atoms with Crippen molar-refractivity contribution in [2.24, 2.45) is 5.92 Å². The molecule has 0 aromatic heterocycles. The van der Waals surface area contributed by atoms with Gasteiger partial charge in [-0.25, -0.2) is 13.1 Å². The number of aliphatic hydroxyl groups excluding tert-OH is 1. The lowest BCUT2D eigenvalue weighted by atomic mass is 10.1. The fraction of sp³-hybridized carbons (Fsp3) is 0.500. The van der Waals surface area contributed by atoms with Crippen LogP contribution in [0.25, 0.3) is 0 Å². The van der Waals surface area contributed by atoms with Gasteiger partial charge in [0.05, 0.1) is 23.5 Å². The van der Waals surface area contributed by atoms with E-state index in [1.807, 2.05) is 19.9 Å². The van der Waals surface area contributed by atoms with E-state index in [-0.39, 0.29) is 12.3 Å². The maximum atomic E-state index is 11.9. The number of sulfonamides is 1. The first-order valence-electron chi connectivity index (χ1n) is 6.47. The van der Waals surface area contributed by atoms with E-state index in [4.69, 9.17) is 5.26 Å². The highest BCUT2D eigenvalue weighted by Crippen LogP contribution is 2.08. The van der Waals surface area contributed by atoms with Gasteiger partial charge in [0.1, 0.15) is 0 Å². The Morgan fingerprint density at radius 2 is 1.90 bits per heavy atom. The highest BCUT2D eigenvalue weighted by Gasteiger charge is 2.14. The third-order valence-corrected chi connectivity index (χ3v) is 4.04. The van der Waals surface area contributed by atoms with Crippen LogP contribution >= 0.6 is 0 Å². The van der Waals surface area contributed by atoms with Crippen molar-refractivity contribution in [3.8, 4) is 6.07 Å². The first-order chi connectivity index (χ1) is 9.32. The third-order valence-electron chi connectivity index (χ3n) is 2.72. The van der Waals surface area contributed by atoms with Gasteiger partial charge in [-0.05, 0) is 30.0 Å². The second kappa shape index (κ2) is 7.39. The molecule has 0 saturated carbocycles. The minimum absolute atomic E-state index is 0.0246. The van der Waals surface area contributed by atoms with Gasteiger partial charge in [0.2, 0.25) is 10.0 Å². The number of benzene rings is 1. The minimum Gasteiger partial charge on any atom is -0.392 e. The molecular formula is C14H20N2O3S. The summed E-state index contributed by atoms with van der Waals surface area (Å²) < 4.78 is 26.1. The second-order valence-corrected chi connectivity index (χ2v) is 7.01. The van der Waals surface area contributed by atoms with Crippen LogP contribution in [0.4, 0.5) is 0 Å². The van der Waals surface area contributed by atoms with Gasteiger partial charge in [-0.3, -0.25) is 0 Å². The smallest absolute Gasteiger partial charge is 0.215 e. The molecule has 2 N–H and O–H groups in total. The highest BCUT2D eigenvalue weighted by atomic mass is 32.2. The molecule has 0 bridgehead atoms. The zero-order valence-corrected chi connectivity index (χ0v) is 12.5. The molecule has 0 spiro atoms. The quantitative estimate of drug-likeness (QED) is 0.795. The van der Waals surface area contributed by atoms with E-state index in [2.05, 4.69) is 4.72 Å². The third kappa shape index (κ3) is 6.15. The molecule has 1 aromatic carbocycles. The Bertz CT molecular complexity index is 559. The molecule has 0 aliphatic rings. The van der Waals surface area contributed by atoms with Gasteiger partial charge in [0.25, 0.3) is 0 Å². The summed E-state index contributed by atoms with van der Waals surface area (Å²) in [5.41, 5.74) is 1.10. The summed E-state index contributed by atoms with van der Waals surface area (Å²) in [7, 11) is -3.48. The van der Waals surface area contributed by atoms with Crippen LogP contribution < -0.4 is 4.72 Å².